The van der Waals surface area contributed by atoms with Crippen molar-refractivity contribution in [1.29, 1.82) is 0 Å². The van der Waals surface area contributed by atoms with Gasteiger partial charge in [-0.1, -0.05) is 6.07 Å². The maximum Gasteiger partial charge on any atom is 0.142 e. The van der Waals surface area contributed by atoms with Gasteiger partial charge in [0.25, 0.3) is 0 Å². The van der Waals surface area contributed by atoms with E-state index in [1.165, 1.54) is 18.4 Å². The fourth-order valence-electron chi connectivity index (χ4n) is 2.08. The molecule has 1 atom stereocenters. The predicted molar refractivity (Wildman–Crippen MR) is 71.3 cm³/mol. The van der Waals surface area contributed by atoms with Crippen LogP contribution in [0.1, 0.15) is 32.3 Å². The third kappa shape index (κ3) is 3.63. The van der Waals surface area contributed by atoms with E-state index >= 15 is 0 Å². The van der Waals surface area contributed by atoms with Gasteiger partial charge in [-0.25, -0.2) is 0 Å². The van der Waals surface area contributed by atoms with Crippen LogP contribution in [0.25, 0.3) is 0 Å². The van der Waals surface area contributed by atoms with Crippen molar-refractivity contribution in [3.8, 4) is 5.75 Å². The second-order valence-corrected chi connectivity index (χ2v) is 4.85. The Balaban J connectivity index is 1.93. The van der Waals surface area contributed by atoms with Gasteiger partial charge in [-0.3, -0.25) is 0 Å². The second-order valence-electron chi connectivity index (χ2n) is 4.85. The zero-order valence-electron chi connectivity index (χ0n) is 10.7. The molecular formula is C14H22N2O. The van der Waals surface area contributed by atoms with Gasteiger partial charge in [0.05, 0.1) is 12.3 Å². The zero-order valence-corrected chi connectivity index (χ0v) is 10.7. The van der Waals surface area contributed by atoms with E-state index in [9.17, 15) is 0 Å². The average molecular weight is 234 g/mol. The van der Waals surface area contributed by atoms with E-state index in [1.54, 1.807) is 0 Å². The smallest absolute Gasteiger partial charge is 0.142 e. The minimum Gasteiger partial charge on any atom is -0.492 e. The fourth-order valence-corrected chi connectivity index (χ4v) is 2.08. The van der Waals surface area contributed by atoms with Crippen molar-refractivity contribution < 1.29 is 4.74 Å². The molecule has 1 fully saturated rings. The van der Waals surface area contributed by atoms with Crippen LogP contribution >= 0.6 is 0 Å². The van der Waals surface area contributed by atoms with E-state index in [-0.39, 0.29) is 0 Å². The first-order valence-corrected chi connectivity index (χ1v) is 6.46. The summed E-state index contributed by atoms with van der Waals surface area (Å²) in [5.41, 5.74) is 7.96. The van der Waals surface area contributed by atoms with Gasteiger partial charge in [0.15, 0.2) is 0 Å². The summed E-state index contributed by atoms with van der Waals surface area (Å²) in [4.78, 5) is 0. The van der Waals surface area contributed by atoms with E-state index in [0.29, 0.717) is 12.6 Å². The minimum absolute atomic E-state index is 0.514. The molecule has 3 N–H and O–H groups in total. The Morgan fingerprint density at radius 2 is 2.24 bits per heavy atom. The number of nitrogens with two attached hydrogens (primary N) is 1. The number of ether oxygens (including phenoxy) is 1. The molecule has 1 saturated carbocycles. The average Bonchev–Trinajstić information content (AvgIpc) is 3.06. The Bertz CT molecular complexity index is 374. The summed E-state index contributed by atoms with van der Waals surface area (Å²) in [7, 11) is 0. The van der Waals surface area contributed by atoms with Gasteiger partial charge in [-0.15, -0.1) is 0 Å². The lowest BCUT2D eigenvalue weighted by molar-refractivity contribution is 0.342. The quantitative estimate of drug-likeness (QED) is 0.743. The van der Waals surface area contributed by atoms with Crippen LogP contribution in [0.2, 0.25) is 0 Å². The summed E-state index contributed by atoms with van der Waals surface area (Å²) in [6.45, 7) is 4.85. The standard InChI is InChI=1S/C14H22N2O/c1-3-17-14-7-4-11(9-13(14)15)8-10(2)16-12-5-6-12/h4,7,9-10,12,16H,3,5-6,8,15H2,1-2H3. The molecular weight excluding hydrogens is 212 g/mol. The molecule has 0 heterocycles. The molecule has 0 aromatic heterocycles. The topological polar surface area (TPSA) is 47.3 Å². The molecule has 0 aliphatic heterocycles. The van der Waals surface area contributed by atoms with Crippen molar-refractivity contribution in [2.75, 3.05) is 12.3 Å². The molecule has 0 bridgehead atoms. The molecule has 0 radical (unpaired) electrons. The van der Waals surface area contributed by atoms with Crippen LogP contribution in [-0.4, -0.2) is 18.7 Å². The van der Waals surface area contributed by atoms with Gasteiger partial charge in [0, 0.05) is 12.1 Å². The Morgan fingerprint density at radius 1 is 1.47 bits per heavy atom. The van der Waals surface area contributed by atoms with Gasteiger partial charge in [0.2, 0.25) is 0 Å². The van der Waals surface area contributed by atoms with E-state index in [0.717, 1.165) is 23.9 Å². The van der Waals surface area contributed by atoms with Crippen LogP contribution in [-0.2, 0) is 6.42 Å². The summed E-state index contributed by atoms with van der Waals surface area (Å²) in [6, 6.07) is 7.37. The Labute approximate surface area is 103 Å². The number of hydrogen-bond acceptors (Lipinski definition) is 3. The molecule has 1 aromatic carbocycles. The summed E-state index contributed by atoms with van der Waals surface area (Å²) >= 11 is 0. The van der Waals surface area contributed by atoms with Crippen molar-refractivity contribution in [3.05, 3.63) is 23.8 Å². The molecule has 0 saturated heterocycles. The first kappa shape index (κ1) is 12.2. The van der Waals surface area contributed by atoms with Gasteiger partial charge >= 0.3 is 0 Å². The van der Waals surface area contributed by atoms with Crippen molar-refractivity contribution in [2.24, 2.45) is 0 Å². The zero-order chi connectivity index (χ0) is 12.3. The van der Waals surface area contributed by atoms with Crippen LogP contribution in [0, 0.1) is 0 Å². The molecule has 94 valence electrons. The lowest BCUT2D eigenvalue weighted by Gasteiger charge is -2.14. The molecule has 17 heavy (non-hydrogen) atoms. The summed E-state index contributed by atoms with van der Waals surface area (Å²) in [5, 5.41) is 3.59. The Hall–Kier alpha value is -1.22. The monoisotopic (exact) mass is 234 g/mol. The number of hydrogen-bond donors (Lipinski definition) is 2. The minimum atomic E-state index is 0.514. The largest absolute Gasteiger partial charge is 0.492 e. The van der Waals surface area contributed by atoms with Crippen LogP contribution in [0.5, 0.6) is 5.75 Å². The van der Waals surface area contributed by atoms with E-state index in [2.05, 4.69) is 18.3 Å². The van der Waals surface area contributed by atoms with Crippen molar-refractivity contribution in [2.45, 2.75) is 45.2 Å². The highest BCUT2D eigenvalue weighted by Gasteiger charge is 2.22. The summed E-state index contributed by atoms with van der Waals surface area (Å²) in [6.07, 6.45) is 3.68. The summed E-state index contributed by atoms with van der Waals surface area (Å²) < 4.78 is 5.43. The highest BCUT2D eigenvalue weighted by Crippen LogP contribution is 2.24. The normalized spacial score (nSPS) is 16.8. The number of nitrogens with one attached hydrogen (secondary N) is 1. The van der Waals surface area contributed by atoms with E-state index in [1.807, 2.05) is 19.1 Å². The molecule has 1 aliphatic rings. The number of rotatable bonds is 6. The Kier molecular flexibility index (Phi) is 3.89. The maximum absolute atomic E-state index is 5.95. The van der Waals surface area contributed by atoms with E-state index in [4.69, 9.17) is 10.5 Å². The van der Waals surface area contributed by atoms with Crippen LogP contribution in [0.3, 0.4) is 0 Å². The molecule has 0 amide bonds. The van der Waals surface area contributed by atoms with Crippen molar-refractivity contribution >= 4 is 5.69 Å². The molecule has 3 nitrogen and oxygen atoms in total. The SMILES string of the molecule is CCOc1ccc(CC(C)NC2CC2)cc1N. The van der Waals surface area contributed by atoms with Crippen LogP contribution in [0.15, 0.2) is 18.2 Å². The lowest BCUT2D eigenvalue weighted by atomic mass is 10.1. The van der Waals surface area contributed by atoms with Gasteiger partial charge in [-0.2, -0.15) is 0 Å². The fraction of sp³-hybridized carbons (Fsp3) is 0.571. The highest BCUT2D eigenvalue weighted by atomic mass is 16.5. The van der Waals surface area contributed by atoms with Crippen LogP contribution < -0.4 is 15.8 Å². The maximum atomic E-state index is 5.95. The lowest BCUT2D eigenvalue weighted by Crippen LogP contribution is -2.29. The van der Waals surface area contributed by atoms with Crippen molar-refractivity contribution in [3.63, 3.8) is 0 Å². The first-order valence-electron chi connectivity index (χ1n) is 6.46. The van der Waals surface area contributed by atoms with Gasteiger partial charge in [0.1, 0.15) is 5.75 Å². The second kappa shape index (κ2) is 5.41. The summed E-state index contributed by atoms with van der Waals surface area (Å²) in [5.74, 6) is 0.791. The molecule has 1 aromatic rings. The molecule has 3 heteroatoms. The van der Waals surface area contributed by atoms with E-state index < -0.39 is 0 Å². The molecule has 2 rings (SSSR count). The van der Waals surface area contributed by atoms with Gasteiger partial charge < -0.3 is 15.8 Å². The molecule has 1 aliphatic carbocycles. The van der Waals surface area contributed by atoms with Crippen molar-refractivity contribution in [1.82, 2.24) is 5.32 Å². The van der Waals surface area contributed by atoms with Crippen LogP contribution in [0.4, 0.5) is 5.69 Å². The Morgan fingerprint density at radius 3 is 2.82 bits per heavy atom. The highest BCUT2D eigenvalue weighted by molar-refractivity contribution is 5.54. The molecule has 1 unspecified atom stereocenters. The number of anilines is 1. The third-order valence-electron chi connectivity index (χ3n) is 3.01. The third-order valence-corrected chi connectivity index (χ3v) is 3.01. The molecule has 0 spiro atoms. The predicted octanol–water partition coefficient (Wildman–Crippen LogP) is 2.35. The number of benzene rings is 1. The first-order chi connectivity index (χ1) is 8.19. The number of nitrogen functional groups attached to an aromatic ring is 1. The van der Waals surface area contributed by atoms with Gasteiger partial charge in [-0.05, 0) is 50.8 Å².